The lowest BCUT2D eigenvalue weighted by Gasteiger charge is -2.38. The highest BCUT2D eigenvalue weighted by molar-refractivity contribution is 7.11. The number of aryl methyl sites for hydroxylation is 1. The Bertz CT molecular complexity index is 418. The van der Waals surface area contributed by atoms with E-state index in [1.54, 1.807) is 0 Å². The van der Waals surface area contributed by atoms with Gasteiger partial charge in [0.05, 0.1) is 5.69 Å². The van der Waals surface area contributed by atoms with Crippen LogP contribution < -0.4 is 5.32 Å². The molecule has 1 N–H and O–H groups in total. The molecule has 21 heavy (non-hydrogen) atoms. The summed E-state index contributed by atoms with van der Waals surface area (Å²) in [5.41, 5.74) is 1.16. The summed E-state index contributed by atoms with van der Waals surface area (Å²) in [5.74, 6) is 0.733. The highest BCUT2D eigenvalue weighted by Crippen LogP contribution is 2.45. The van der Waals surface area contributed by atoms with Crippen LogP contribution in [0.4, 0.5) is 0 Å². The maximum Gasteiger partial charge on any atom is 0.125 e. The average Bonchev–Trinajstić information content (AvgIpc) is 2.84. The molecule has 1 aliphatic carbocycles. The Kier molecular flexibility index (Phi) is 6.20. The van der Waals surface area contributed by atoms with Crippen molar-refractivity contribution in [1.82, 2.24) is 10.3 Å². The maximum absolute atomic E-state index is 6.28. The zero-order valence-electron chi connectivity index (χ0n) is 14.0. The Morgan fingerprint density at radius 1 is 1.43 bits per heavy atom. The summed E-state index contributed by atoms with van der Waals surface area (Å²) in [5, 5.41) is 4.51. The fourth-order valence-electron chi connectivity index (χ4n) is 3.48. The van der Waals surface area contributed by atoms with Crippen molar-refractivity contribution in [1.29, 1.82) is 0 Å². The number of nitrogens with one attached hydrogen (secondary N) is 1. The molecule has 120 valence electrons. The second-order valence-corrected chi connectivity index (χ2v) is 7.38. The molecule has 1 heterocycles. The van der Waals surface area contributed by atoms with E-state index in [-0.39, 0.29) is 5.60 Å². The lowest BCUT2D eigenvalue weighted by Crippen LogP contribution is -2.35. The molecule has 0 spiro atoms. The SMILES string of the molecule is CCCc1nc(C2(OCC)CCCC(C)C2)sc1CNC. The van der Waals surface area contributed by atoms with Crippen LogP contribution in [0.5, 0.6) is 0 Å². The Morgan fingerprint density at radius 3 is 2.86 bits per heavy atom. The first kappa shape index (κ1) is 16.9. The van der Waals surface area contributed by atoms with Crippen LogP contribution in [0, 0.1) is 5.92 Å². The minimum absolute atomic E-state index is 0.119. The molecular weight excluding hydrogens is 280 g/mol. The van der Waals surface area contributed by atoms with Crippen LogP contribution in [0.25, 0.3) is 0 Å². The topological polar surface area (TPSA) is 34.1 Å². The van der Waals surface area contributed by atoms with Crippen molar-refractivity contribution >= 4 is 11.3 Å². The third-order valence-corrected chi connectivity index (χ3v) is 5.65. The fraction of sp³-hybridized carbons (Fsp3) is 0.824. The van der Waals surface area contributed by atoms with E-state index >= 15 is 0 Å². The third kappa shape index (κ3) is 3.85. The molecule has 0 aromatic carbocycles. The largest absolute Gasteiger partial charge is 0.368 e. The van der Waals surface area contributed by atoms with E-state index in [1.165, 1.54) is 28.4 Å². The minimum Gasteiger partial charge on any atom is -0.368 e. The molecule has 0 aliphatic heterocycles. The van der Waals surface area contributed by atoms with Crippen LogP contribution in [0.3, 0.4) is 0 Å². The molecule has 1 aromatic rings. The second kappa shape index (κ2) is 7.70. The van der Waals surface area contributed by atoms with Crippen molar-refractivity contribution in [2.45, 2.75) is 71.4 Å². The smallest absolute Gasteiger partial charge is 0.125 e. The molecule has 1 aromatic heterocycles. The highest BCUT2D eigenvalue weighted by atomic mass is 32.1. The zero-order chi connectivity index (χ0) is 15.3. The molecule has 0 radical (unpaired) electrons. The van der Waals surface area contributed by atoms with Gasteiger partial charge in [-0.05, 0) is 45.6 Å². The van der Waals surface area contributed by atoms with Gasteiger partial charge in [0.25, 0.3) is 0 Å². The van der Waals surface area contributed by atoms with Crippen molar-refractivity contribution in [2.75, 3.05) is 13.7 Å². The van der Waals surface area contributed by atoms with Crippen LogP contribution in [0.2, 0.25) is 0 Å². The van der Waals surface area contributed by atoms with Gasteiger partial charge in [-0.15, -0.1) is 11.3 Å². The molecule has 0 amide bonds. The second-order valence-electron chi connectivity index (χ2n) is 6.30. The first-order valence-corrected chi connectivity index (χ1v) is 9.24. The van der Waals surface area contributed by atoms with Crippen LogP contribution in [-0.2, 0) is 23.3 Å². The van der Waals surface area contributed by atoms with Crippen molar-refractivity contribution in [3.05, 3.63) is 15.6 Å². The lowest BCUT2D eigenvalue weighted by molar-refractivity contribution is -0.0821. The van der Waals surface area contributed by atoms with Crippen LogP contribution in [0.15, 0.2) is 0 Å². The van der Waals surface area contributed by atoms with Crippen molar-refractivity contribution in [3.63, 3.8) is 0 Å². The molecule has 4 heteroatoms. The Balaban J connectivity index is 2.33. The standard InChI is InChI=1S/C17H30N2OS/c1-5-8-14-15(12-18-4)21-16(19-14)17(20-6-2)10-7-9-13(3)11-17/h13,18H,5-12H2,1-4H3. The van der Waals surface area contributed by atoms with E-state index in [1.807, 2.05) is 18.4 Å². The number of hydrogen-bond donors (Lipinski definition) is 1. The zero-order valence-corrected chi connectivity index (χ0v) is 14.8. The van der Waals surface area contributed by atoms with Gasteiger partial charge in [0.1, 0.15) is 10.6 Å². The van der Waals surface area contributed by atoms with Crippen molar-refractivity contribution < 1.29 is 4.74 Å². The molecular formula is C17H30N2OS. The summed E-state index contributed by atoms with van der Waals surface area (Å²) in [6.45, 7) is 8.38. The van der Waals surface area contributed by atoms with Gasteiger partial charge in [-0.2, -0.15) is 0 Å². The quantitative estimate of drug-likeness (QED) is 0.817. The van der Waals surface area contributed by atoms with Gasteiger partial charge in [-0.3, -0.25) is 0 Å². The van der Waals surface area contributed by atoms with E-state index < -0.39 is 0 Å². The van der Waals surface area contributed by atoms with Gasteiger partial charge in [-0.1, -0.05) is 26.7 Å². The molecule has 1 aliphatic rings. The first-order chi connectivity index (χ1) is 10.1. The Morgan fingerprint density at radius 2 is 2.24 bits per heavy atom. The summed E-state index contributed by atoms with van der Waals surface area (Å²) >= 11 is 1.87. The Hall–Kier alpha value is -0.450. The summed E-state index contributed by atoms with van der Waals surface area (Å²) in [7, 11) is 2.01. The number of thiazole rings is 1. The van der Waals surface area contributed by atoms with Crippen molar-refractivity contribution in [2.24, 2.45) is 5.92 Å². The molecule has 3 nitrogen and oxygen atoms in total. The number of rotatable bonds is 7. The number of hydrogen-bond acceptors (Lipinski definition) is 4. The molecule has 1 saturated carbocycles. The van der Waals surface area contributed by atoms with Crippen LogP contribution in [0.1, 0.15) is 68.5 Å². The predicted octanol–water partition coefficient (Wildman–Crippen LogP) is 4.26. The molecule has 1 fully saturated rings. The third-order valence-electron chi connectivity index (χ3n) is 4.37. The number of aromatic nitrogens is 1. The van der Waals surface area contributed by atoms with Gasteiger partial charge in [0.2, 0.25) is 0 Å². The van der Waals surface area contributed by atoms with Gasteiger partial charge >= 0.3 is 0 Å². The molecule has 0 bridgehead atoms. The van der Waals surface area contributed by atoms with E-state index in [4.69, 9.17) is 9.72 Å². The van der Waals surface area contributed by atoms with E-state index in [0.717, 1.165) is 44.8 Å². The highest BCUT2D eigenvalue weighted by Gasteiger charge is 2.40. The molecule has 2 atom stereocenters. The van der Waals surface area contributed by atoms with Crippen LogP contribution >= 0.6 is 11.3 Å². The monoisotopic (exact) mass is 310 g/mol. The van der Waals surface area contributed by atoms with E-state index in [2.05, 4.69) is 26.1 Å². The van der Waals surface area contributed by atoms with Gasteiger partial charge in [0, 0.05) is 18.0 Å². The van der Waals surface area contributed by atoms with Crippen LogP contribution in [-0.4, -0.2) is 18.6 Å². The predicted molar refractivity (Wildman–Crippen MR) is 89.8 cm³/mol. The van der Waals surface area contributed by atoms with E-state index in [9.17, 15) is 0 Å². The Labute approximate surface area is 133 Å². The van der Waals surface area contributed by atoms with Gasteiger partial charge in [-0.25, -0.2) is 4.98 Å². The number of ether oxygens (including phenoxy) is 1. The lowest BCUT2D eigenvalue weighted by atomic mass is 9.79. The summed E-state index contributed by atoms with van der Waals surface area (Å²) in [4.78, 5) is 6.42. The first-order valence-electron chi connectivity index (χ1n) is 8.42. The van der Waals surface area contributed by atoms with Crippen molar-refractivity contribution in [3.8, 4) is 0 Å². The van der Waals surface area contributed by atoms with Gasteiger partial charge in [0.15, 0.2) is 0 Å². The molecule has 0 saturated heterocycles. The minimum atomic E-state index is -0.119. The average molecular weight is 311 g/mol. The summed E-state index contributed by atoms with van der Waals surface area (Å²) in [6, 6.07) is 0. The molecule has 2 rings (SSSR count). The maximum atomic E-state index is 6.28. The number of nitrogens with zero attached hydrogens (tertiary/aromatic N) is 1. The fourth-order valence-corrected chi connectivity index (χ4v) is 4.78. The summed E-state index contributed by atoms with van der Waals surface area (Å²) < 4.78 is 6.28. The normalized spacial score (nSPS) is 26.2. The summed E-state index contributed by atoms with van der Waals surface area (Å²) in [6.07, 6.45) is 7.06. The van der Waals surface area contributed by atoms with E-state index in [0.29, 0.717) is 0 Å². The van der Waals surface area contributed by atoms with Gasteiger partial charge < -0.3 is 10.1 Å². The molecule has 2 unspecified atom stereocenters.